The van der Waals surface area contributed by atoms with Gasteiger partial charge in [-0.05, 0) is 43.7 Å². The first kappa shape index (κ1) is 19.9. The minimum absolute atomic E-state index is 0.0318. The number of benzene rings is 2. The van der Waals surface area contributed by atoms with Gasteiger partial charge in [-0.1, -0.05) is 60.7 Å². The van der Waals surface area contributed by atoms with Crippen LogP contribution in [-0.4, -0.2) is 28.0 Å². The van der Waals surface area contributed by atoms with Crippen molar-refractivity contribution >= 4 is 12.0 Å². The van der Waals surface area contributed by atoms with Crippen LogP contribution in [0.3, 0.4) is 0 Å². The number of hydrogen-bond acceptors (Lipinski definition) is 2. The molecule has 0 aliphatic heterocycles. The standard InChI is InChI=1S/C23H28N2O3/c1-17(19-10-6-3-7-11-19)25(16-18-8-4-2-5-9-18)23(28)24-21-14-12-20(13-15-21)22(26)27/h2-11,17,20-21H,12-16H2,1H3,(H,24,28)(H,26,27)/t17-,20?,21?/m0/s1. The van der Waals surface area contributed by atoms with E-state index < -0.39 is 5.97 Å². The predicted octanol–water partition coefficient (Wildman–Crippen LogP) is 4.60. The number of amides is 2. The van der Waals surface area contributed by atoms with Crippen LogP contribution in [0.5, 0.6) is 0 Å². The number of carbonyl (C=O) groups excluding carboxylic acids is 1. The average molecular weight is 380 g/mol. The van der Waals surface area contributed by atoms with E-state index in [1.807, 2.05) is 72.5 Å². The van der Waals surface area contributed by atoms with Gasteiger partial charge < -0.3 is 15.3 Å². The molecule has 0 spiro atoms. The number of nitrogens with zero attached hydrogens (tertiary/aromatic N) is 1. The van der Waals surface area contributed by atoms with Crippen LogP contribution in [0.1, 0.15) is 49.8 Å². The SMILES string of the molecule is C[C@@H](c1ccccc1)N(Cc1ccccc1)C(=O)NC1CCC(C(=O)O)CC1. The third-order valence-corrected chi connectivity index (χ3v) is 5.61. The Labute approximate surface area is 166 Å². The Morgan fingerprint density at radius 3 is 2.14 bits per heavy atom. The van der Waals surface area contributed by atoms with Crippen molar-refractivity contribution < 1.29 is 14.7 Å². The van der Waals surface area contributed by atoms with Crippen LogP contribution in [0.15, 0.2) is 60.7 Å². The summed E-state index contributed by atoms with van der Waals surface area (Å²) < 4.78 is 0. The lowest BCUT2D eigenvalue weighted by atomic mass is 9.86. The Morgan fingerprint density at radius 2 is 1.57 bits per heavy atom. The zero-order valence-electron chi connectivity index (χ0n) is 16.3. The molecule has 2 aromatic carbocycles. The summed E-state index contributed by atoms with van der Waals surface area (Å²) in [5.41, 5.74) is 2.16. The number of rotatable bonds is 6. The summed E-state index contributed by atoms with van der Waals surface area (Å²) in [7, 11) is 0. The zero-order chi connectivity index (χ0) is 19.9. The lowest BCUT2D eigenvalue weighted by molar-refractivity contribution is -0.142. The van der Waals surface area contributed by atoms with Gasteiger partial charge in [0.05, 0.1) is 12.0 Å². The van der Waals surface area contributed by atoms with Gasteiger partial charge >= 0.3 is 12.0 Å². The van der Waals surface area contributed by atoms with Crippen molar-refractivity contribution in [3.8, 4) is 0 Å². The van der Waals surface area contributed by atoms with Gasteiger partial charge in [-0.3, -0.25) is 4.79 Å². The Kier molecular flexibility index (Phi) is 6.69. The minimum Gasteiger partial charge on any atom is -0.481 e. The highest BCUT2D eigenvalue weighted by Crippen LogP contribution is 2.26. The molecule has 0 radical (unpaired) electrons. The number of carbonyl (C=O) groups is 2. The number of hydrogen-bond donors (Lipinski definition) is 2. The second-order valence-electron chi connectivity index (χ2n) is 7.54. The van der Waals surface area contributed by atoms with Crippen molar-refractivity contribution in [1.82, 2.24) is 10.2 Å². The normalized spacial score (nSPS) is 20.2. The van der Waals surface area contributed by atoms with E-state index >= 15 is 0 Å². The zero-order valence-corrected chi connectivity index (χ0v) is 16.3. The van der Waals surface area contributed by atoms with E-state index in [0.29, 0.717) is 32.2 Å². The van der Waals surface area contributed by atoms with Crippen LogP contribution in [0.25, 0.3) is 0 Å². The number of urea groups is 1. The van der Waals surface area contributed by atoms with E-state index in [9.17, 15) is 9.59 Å². The Morgan fingerprint density at radius 1 is 1.00 bits per heavy atom. The maximum atomic E-state index is 13.1. The van der Waals surface area contributed by atoms with Crippen LogP contribution in [-0.2, 0) is 11.3 Å². The van der Waals surface area contributed by atoms with E-state index in [2.05, 4.69) is 5.32 Å². The summed E-state index contributed by atoms with van der Waals surface area (Å²) in [6.45, 7) is 2.56. The Bertz CT molecular complexity index is 771. The molecular formula is C23H28N2O3. The topological polar surface area (TPSA) is 69.6 Å². The van der Waals surface area contributed by atoms with Crippen LogP contribution >= 0.6 is 0 Å². The maximum Gasteiger partial charge on any atom is 0.318 e. The summed E-state index contributed by atoms with van der Waals surface area (Å²) in [4.78, 5) is 26.1. The molecule has 0 saturated heterocycles. The molecule has 0 heterocycles. The number of carboxylic acid groups (broad SMARTS) is 1. The lowest BCUT2D eigenvalue weighted by Crippen LogP contribution is -2.46. The molecule has 2 amide bonds. The quantitative estimate of drug-likeness (QED) is 0.769. The molecule has 0 aromatic heterocycles. The van der Waals surface area contributed by atoms with Crippen molar-refractivity contribution in [3.05, 3.63) is 71.8 Å². The van der Waals surface area contributed by atoms with E-state index in [1.165, 1.54) is 0 Å². The molecule has 1 aliphatic carbocycles. The van der Waals surface area contributed by atoms with Gasteiger partial charge in [0.15, 0.2) is 0 Å². The molecule has 2 N–H and O–H groups in total. The smallest absolute Gasteiger partial charge is 0.318 e. The van der Waals surface area contributed by atoms with Crippen LogP contribution < -0.4 is 5.32 Å². The molecule has 28 heavy (non-hydrogen) atoms. The van der Waals surface area contributed by atoms with Gasteiger partial charge in [-0.15, -0.1) is 0 Å². The fraction of sp³-hybridized carbons (Fsp3) is 0.391. The molecule has 148 valence electrons. The number of aliphatic carboxylic acids is 1. The predicted molar refractivity (Wildman–Crippen MR) is 109 cm³/mol. The molecule has 1 atom stereocenters. The van der Waals surface area contributed by atoms with Crippen LogP contribution in [0.4, 0.5) is 4.79 Å². The fourth-order valence-corrected chi connectivity index (χ4v) is 3.82. The maximum absolute atomic E-state index is 13.1. The molecule has 1 aliphatic rings. The molecule has 5 heteroatoms. The molecule has 3 rings (SSSR count). The molecular weight excluding hydrogens is 352 g/mol. The molecule has 2 aromatic rings. The molecule has 0 bridgehead atoms. The second-order valence-corrected chi connectivity index (χ2v) is 7.54. The summed E-state index contributed by atoms with van der Waals surface area (Å²) in [6.07, 6.45) is 2.66. The van der Waals surface area contributed by atoms with E-state index in [-0.39, 0.29) is 24.0 Å². The average Bonchev–Trinajstić information content (AvgIpc) is 2.73. The third kappa shape index (κ3) is 5.12. The second kappa shape index (κ2) is 9.40. The van der Waals surface area contributed by atoms with E-state index in [0.717, 1.165) is 11.1 Å². The van der Waals surface area contributed by atoms with Gasteiger partial charge in [-0.2, -0.15) is 0 Å². The van der Waals surface area contributed by atoms with Crippen molar-refractivity contribution in [3.63, 3.8) is 0 Å². The van der Waals surface area contributed by atoms with Crippen LogP contribution in [0, 0.1) is 5.92 Å². The number of nitrogens with one attached hydrogen (secondary N) is 1. The highest BCUT2D eigenvalue weighted by atomic mass is 16.4. The summed E-state index contributed by atoms with van der Waals surface area (Å²) >= 11 is 0. The first-order valence-corrected chi connectivity index (χ1v) is 9.93. The van der Waals surface area contributed by atoms with Crippen molar-refractivity contribution in [2.45, 2.75) is 51.2 Å². The van der Waals surface area contributed by atoms with Gasteiger partial charge in [0.25, 0.3) is 0 Å². The summed E-state index contributed by atoms with van der Waals surface area (Å²) in [5, 5.41) is 12.3. The largest absolute Gasteiger partial charge is 0.481 e. The van der Waals surface area contributed by atoms with Gasteiger partial charge in [-0.25, -0.2) is 4.79 Å². The Balaban J connectivity index is 1.71. The molecule has 5 nitrogen and oxygen atoms in total. The van der Waals surface area contributed by atoms with Crippen molar-refractivity contribution in [2.24, 2.45) is 5.92 Å². The third-order valence-electron chi connectivity index (χ3n) is 5.61. The van der Waals surface area contributed by atoms with Gasteiger partial charge in [0, 0.05) is 12.6 Å². The van der Waals surface area contributed by atoms with Crippen molar-refractivity contribution in [1.29, 1.82) is 0 Å². The van der Waals surface area contributed by atoms with Crippen molar-refractivity contribution in [2.75, 3.05) is 0 Å². The first-order valence-electron chi connectivity index (χ1n) is 9.93. The molecule has 1 fully saturated rings. The monoisotopic (exact) mass is 380 g/mol. The van der Waals surface area contributed by atoms with Gasteiger partial charge in [0.1, 0.15) is 0 Å². The summed E-state index contributed by atoms with van der Waals surface area (Å²) in [6, 6.07) is 19.8. The molecule has 0 unspecified atom stereocenters. The summed E-state index contributed by atoms with van der Waals surface area (Å²) in [5.74, 6) is -1.01. The highest BCUT2D eigenvalue weighted by molar-refractivity contribution is 5.75. The first-order chi connectivity index (χ1) is 13.5. The number of carboxylic acids is 1. The van der Waals surface area contributed by atoms with Gasteiger partial charge in [0.2, 0.25) is 0 Å². The van der Waals surface area contributed by atoms with Crippen LogP contribution in [0.2, 0.25) is 0 Å². The van der Waals surface area contributed by atoms with E-state index in [4.69, 9.17) is 5.11 Å². The Hall–Kier alpha value is -2.82. The highest BCUT2D eigenvalue weighted by Gasteiger charge is 2.29. The fourth-order valence-electron chi connectivity index (χ4n) is 3.82. The lowest BCUT2D eigenvalue weighted by Gasteiger charge is -2.33. The van der Waals surface area contributed by atoms with E-state index in [1.54, 1.807) is 0 Å². The molecule has 1 saturated carbocycles. The minimum atomic E-state index is -0.729.